The third-order valence-corrected chi connectivity index (χ3v) is 5.77. The first kappa shape index (κ1) is 20.0. The van der Waals surface area contributed by atoms with Gasteiger partial charge in [0, 0.05) is 17.0 Å². The molecule has 1 N–H and O–H groups in total. The highest BCUT2D eigenvalue weighted by molar-refractivity contribution is 8.14. The second-order valence-electron chi connectivity index (χ2n) is 5.46. The fourth-order valence-corrected chi connectivity index (χ4v) is 3.83. The molecule has 0 saturated heterocycles. The van der Waals surface area contributed by atoms with Crippen LogP contribution in [0.15, 0.2) is 53.4 Å². The maximum atomic E-state index is 12.3. The SMILES string of the molecule is COC(=O)CCSC(=O)c1ccc(NS(=O)(=O)c2ccc(C)cc2)cc1. The normalized spacial score (nSPS) is 11.0. The lowest BCUT2D eigenvalue weighted by Crippen LogP contribution is -2.13. The van der Waals surface area contributed by atoms with Gasteiger partial charge in [-0.25, -0.2) is 8.42 Å². The topological polar surface area (TPSA) is 89.5 Å². The number of benzene rings is 2. The van der Waals surface area contributed by atoms with Crippen molar-refractivity contribution in [1.29, 1.82) is 0 Å². The van der Waals surface area contributed by atoms with Crippen LogP contribution in [0, 0.1) is 6.92 Å². The van der Waals surface area contributed by atoms with Crippen molar-refractivity contribution in [2.24, 2.45) is 0 Å². The van der Waals surface area contributed by atoms with E-state index in [1.54, 1.807) is 24.3 Å². The van der Waals surface area contributed by atoms with Gasteiger partial charge < -0.3 is 4.74 Å². The van der Waals surface area contributed by atoms with E-state index in [0.717, 1.165) is 17.3 Å². The van der Waals surface area contributed by atoms with Crippen molar-refractivity contribution < 1.29 is 22.7 Å². The molecule has 8 heteroatoms. The summed E-state index contributed by atoms with van der Waals surface area (Å²) in [6.45, 7) is 1.88. The van der Waals surface area contributed by atoms with E-state index >= 15 is 0 Å². The van der Waals surface area contributed by atoms with Crippen LogP contribution in [0.4, 0.5) is 5.69 Å². The molecule has 0 unspecified atom stereocenters. The average Bonchev–Trinajstić information content (AvgIpc) is 2.62. The molecule has 0 fully saturated rings. The Morgan fingerprint density at radius 1 is 1.04 bits per heavy atom. The standard InChI is InChI=1S/C18H19NO5S2/c1-13-3-9-16(10-4-13)26(22,23)19-15-7-5-14(6-8-15)18(21)25-12-11-17(20)24-2/h3-10,19H,11-12H2,1-2H3. The Kier molecular flexibility index (Phi) is 6.82. The van der Waals surface area contributed by atoms with Gasteiger partial charge >= 0.3 is 5.97 Å². The van der Waals surface area contributed by atoms with Crippen molar-refractivity contribution in [3.05, 3.63) is 59.7 Å². The van der Waals surface area contributed by atoms with E-state index in [4.69, 9.17) is 0 Å². The average molecular weight is 393 g/mol. The number of carbonyl (C=O) groups excluding carboxylic acids is 2. The molecule has 0 aliphatic rings. The van der Waals surface area contributed by atoms with Crippen molar-refractivity contribution in [3.8, 4) is 0 Å². The highest BCUT2D eigenvalue weighted by atomic mass is 32.2. The van der Waals surface area contributed by atoms with Crippen LogP contribution in [0.5, 0.6) is 0 Å². The Hall–Kier alpha value is -2.32. The Labute approximate surface area is 157 Å². The lowest BCUT2D eigenvalue weighted by Gasteiger charge is -2.09. The van der Waals surface area contributed by atoms with Crippen molar-refractivity contribution in [1.82, 2.24) is 0 Å². The first-order valence-electron chi connectivity index (χ1n) is 7.75. The summed E-state index contributed by atoms with van der Waals surface area (Å²) in [5.74, 6) is -0.0426. The van der Waals surface area contributed by atoms with Gasteiger partial charge in [0.1, 0.15) is 0 Å². The largest absolute Gasteiger partial charge is 0.469 e. The number of rotatable bonds is 7. The van der Waals surface area contributed by atoms with Gasteiger partial charge in [0.05, 0.1) is 18.4 Å². The van der Waals surface area contributed by atoms with E-state index < -0.39 is 10.0 Å². The van der Waals surface area contributed by atoms with Crippen LogP contribution in [-0.2, 0) is 19.6 Å². The summed E-state index contributed by atoms with van der Waals surface area (Å²) in [6.07, 6.45) is 0.154. The van der Waals surface area contributed by atoms with E-state index in [0.29, 0.717) is 17.0 Å². The predicted molar refractivity (Wildman–Crippen MR) is 102 cm³/mol. The van der Waals surface area contributed by atoms with E-state index in [2.05, 4.69) is 9.46 Å². The second kappa shape index (κ2) is 8.86. The third kappa shape index (κ3) is 5.60. The fourth-order valence-electron chi connectivity index (χ4n) is 2.02. The third-order valence-electron chi connectivity index (χ3n) is 3.47. The number of nitrogens with one attached hydrogen (secondary N) is 1. The monoisotopic (exact) mass is 393 g/mol. The van der Waals surface area contributed by atoms with E-state index in [-0.39, 0.29) is 22.4 Å². The zero-order chi connectivity index (χ0) is 19.2. The van der Waals surface area contributed by atoms with Gasteiger partial charge in [-0.2, -0.15) is 0 Å². The molecule has 2 rings (SSSR count). The van der Waals surface area contributed by atoms with E-state index in [1.165, 1.54) is 31.4 Å². The molecule has 0 aliphatic carbocycles. The number of ether oxygens (including phenoxy) is 1. The number of hydrogen-bond acceptors (Lipinski definition) is 6. The van der Waals surface area contributed by atoms with Crippen LogP contribution < -0.4 is 4.72 Å². The summed E-state index contributed by atoms with van der Waals surface area (Å²) in [5.41, 5.74) is 1.76. The van der Waals surface area contributed by atoms with Gasteiger partial charge in [-0.3, -0.25) is 14.3 Å². The molecule has 0 bridgehead atoms. The first-order valence-corrected chi connectivity index (χ1v) is 10.2. The number of hydrogen-bond donors (Lipinski definition) is 1. The minimum atomic E-state index is -3.68. The maximum Gasteiger partial charge on any atom is 0.306 e. The number of esters is 1. The van der Waals surface area contributed by atoms with Gasteiger partial charge in [0.25, 0.3) is 10.0 Å². The molecular weight excluding hydrogens is 374 g/mol. The van der Waals surface area contributed by atoms with Crippen molar-refractivity contribution in [3.63, 3.8) is 0 Å². The quantitative estimate of drug-likeness (QED) is 0.727. The second-order valence-corrected chi connectivity index (χ2v) is 8.21. The van der Waals surface area contributed by atoms with E-state index in [9.17, 15) is 18.0 Å². The Morgan fingerprint density at radius 3 is 2.23 bits per heavy atom. The zero-order valence-electron chi connectivity index (χ0n) is 14.4. The molecule has 0 heterocycles. The zero-order valence-corrected chi connectivity index (χ0v) is 16.0. The van der Waals surface area contributed by atoms with E-state index in [1.807, 2.05) is 6.92 Å². The van der Waals surface area contributed by atoms with Crippen molar-refractivity contribution >= 4 is 38.6 Å². The molecule has 0 atom stereocenters. The molecule has 0 radical (unpaired) electrons. The molecule has 2 aromatic rings. The summed E-state index contributed by atoms with van der Waals surface area (Å²) in [5, 5.41) is -0.193. The van der Waals surface area contributed by atoms with Gasteiger partial charge in [-0.05, 0) is 43.3 Å². The Balaban J connectivity index is 1.99. The van der Waals surface area contributed by atoms with Crippen LogP contribution in [-0.4, -0.2) is 32.4 Å². The highest BCUT2D eigenvalue weighted by Gasteiger charge is 2.14. The summed E-state index contributed by atoms with van der Waals surface area (Å²) in [6, 6.07) is 12.7. The van der Waals surface area contributed by atoms with Gasteiger partial charge in [-0.1, -0.05) is 29.5 Å². The molecule has 2 aromatic carbocycles. The summed E-state index contributed by atoms with van der Waals surface area (Å²) in [4.78, 5) is 23.2. The smallest absolute Gasteiger partial charge is 0.306 e. The summed E-state index contributed by atoms with van der Waals surface area (Å²) in [7, 11) is -2.38. The Morgan fingerprint density at radius 2 is 1.65 bits per heavy atom. The lowest BCUT2D eigenvalue weighted by molar-refractivity contribution is -0.140. The highest BCUT2D eigenvalue weighted by Crippen LogP contribution is 2.19. The van der Waals surface area contributed by atoms with Gasteiger partial charge in [0.2, 0.25) is 5.12 Å². The molecule has 6 nitrogen and oxygen atoms in total. The number of carbonyl (C=O) groups is 2. The molecule has 138 valence electrons. The molecular formula is C18H19NO5S2. The van der Waals surface area contributed by atoms with Crippen LogP contribution in [0.2, 0.25) is 0 Å². The van der Waals surface area contributed by atoms with Crippen LogP contribution >= 0.6 is 11.8 Å². The van der Waals surface area contributed by atoms with Crippen LogP contribution in [0.3, 0.4) is 0 Å². The fraction of sp³-hybridized carbons (Fsp3) is 0.222. The molecule has 0 aromatic heterocycles. The van der Waals surface area contributed by atoms with Crippen molar-refractivity contribution in [2.75, 3.05) is 17.6 Å². The molecule has 0 aliphatic heterocycles. The Bertz CT molecular complexity index is 875. The number of aryl methyl sites for hydroxylation is 1. The molecule has 0 saturated carbocycles. The maximum absolute atomic E-state index is 12.3. The number of anilines is 1. The molecule has 0 spiro atoms. The van der Waals surface area contributed by atoms with Crippen LogP contribution in [0.1, 0.15) is 22.3 Å². The number of thioether (sulfide) groups is 1. The summed E-state index contributed by atoms with van der Waals surface area (Å²) < 4.78 is 31.7. The first-order chi connectivity index (χ1) is 12.3. The van der Waals surface area contributed by atoms with Crippen LogP contribution in [0.25, 0.3) is 0 Å². The van der Waals surface area contributed by atoms with Crippen molar-refractivity contribution in [2.45, 2.75) is 18.2 Å². The summed E-state index contributed by atoms with van der Waals surface area (Å²) >= 11 is 1.01. The minimum absolute atomic E-state index is 0.154. The minimum Gasteiger partial charge on any atom is -0.469 e. The predicted octanol–water partition coefficient (Wildman–Crippen LogP) is 3.23. The van der Waals surface area contributed by atoms with Gasteiger partial charge in [-0.15, -0.1) is 0 Å². The molecule has 26 heavy (non-hydrogen) atoms. The lowest BCUT2D eigenvalue weighted by atomic mass is 10.2. The molecule has 0 amide bonds. The van der Waals surface area contributed by atoms with Gasteiger partial charge in [0.15, 0.2) is 0 Å². The number of methoxy groups -OCH3 is 1. The number of sulfonamides is 1.